The molecular formula is C15H17ClFNO2. The number of benzene rings is 1. The average molecular weight is 298 g/mol. The lowest BCUT2D eigenvalue weighted by atomic mass is 9.88. The molecule has 1 aliphatic heterocycles. The second kappa shape index (κ2) is 6.46. The molecule has 0 spiro atoms. The van der Waals surface area contributed by atoms with Gasteiger partial charge in [-0.1, -0.05) is 11.6 Å². The van der Waals surface area contributed by atoms with Crippen LogP contribution >= 0.6 is 11.6 Å². The molecule has 1 atom stereocenters. The zero-order valence-corrected chi connectivity index (χ0v) is 12.1. The van der Waals surface area contributed by atoms with Crippen LogP contribution in [0.25, 0.3) is 0 Å². The van der Waals surface area contributed by atoms with Crippen LogP contribution in [-0.4, -0.2) is 36.1 Å². The first-order valence-electron chi connectivity index (χ1n) is 6.71. The molecule has 1 heterocycles. The summed E-state index contributed by atoms with van der Waals surface area (Å²) < 4.78 is 13.0. The number of ketones is 1. The van der Waals surface area contributed by atoms with Crippen molar-refractivity contribution in [3.05, 3.63) is 34.6 Å². The van der Waals surface area contributed by atoms with Gasteiger partial charge in [-0.15, -0.1) is 0 Å². The lowest BCUT2D eigenvalue weighted by Crippen LogP contribution is -2.42. The fourth-order valence-corrected chi connectivity index (χ4v) is 2.82. The van der Waals surface area contributed by atoms with Gasteiger partial charge in [-0.25, -0.2) is 4.39 Å². The smallest absolute Gasteiger partial charge is 0.167 e. The van der Waals surface area contributed by atoms with Gasteiger partial charge in [0, 0.05) is 11.5 Å². The summed E-state index contributed by atoms with van der Waals surface area (Å²) in [4.78, 5) is 25.2. The van der Waals surface area contributed by atoms with Gasteiger partial charge in [-0.3, -0.25) is 9.69 Å². The normalized spacial score (nSPS) is 18.8. The molecule has 0 aliphatic carbocycles. The highest BCUT2D eigenvalue weighted by molar-refractivity contribution is 6.34. The SMILES string of the molecule is CC(C=O)N1CCC(C(=O)c2ccc(F)cc2Cl)CC1. The number of piperidine rings is 1. The Hall–Kier alpha value is -1.26. The van der Waals surface area contributed by atoms with Gasteiger partial charge < -0.3 is 4.79 Å². The van der Waals surface area contributed by atoms with E-state index in [-0.39, 0.29) is 22.8 Å². The maximum atomic E-state index is 13.0. The maximum Gasteiger partial charge on any atom is 0.167 e. The highest BCUT2D eigenvalue weighted by Gasteiger charge is 2.28. The number of hydrogen-bond acceptors (Lipinski definition) is 3. The van der Waals surface area contributed by atoms with E-state index in [9.17, 15) is 14.0 Å². The molecule has 20 heavy (non-hydrogen) atoms. The molecule has 0 saturated carbocycles. The van der Waals surface area contributed by atoms with Crippen molar-refractivity contribution in [3.8, 4) is 0 Å². The van der Waals surface area contributed by atoms with E-state index >= 15 is 0 Å². The van der Waals surface area contributed by atoms with Crippen molar-refractivity contribution in [3.63, 3.8) is 0 Å². The molecule has 5 heteroatoms. The van der Waals surface area contributed by atoms with Gasteiger partial charge in [0.15, 0.2) is 5.78 Å². The van der Waals surface area contributed by atoms with Crippen LogP contribution < -0.4 is 0 Å². The van der Waals surface area contributed by atoms with Crippen molar-refractivity contribution >= 4 is 23.7 Å². The van der Waals surface area contributed by atoms with E-state index < -0.39 is 5.82 Å². The van der Waals surface area contributed by atoms with Crippen molar-refractivity contribution in [1.29, 1.82) is 0 Å². The first-order valence-corrected chi connectivity index (χ1v) is 7.09. The Morgan fingerprint density at radius 3 is 2.65 bits per heavy atom. The summed E-state index contributed by atoms with van der Waals surface area (Å²) in [6.45, 7) is 3.29. The van der Waals surface area contributed by atoms with Crippen molar-refractivity contribution in [2.45, 2.75) is 25.8 Å². The topological polar surface area (TPSA) is 37.4 Å². The quantitative estimate of drug-likeness (QED) is 0.633. The number of aldehydes is 1. The number of carbonyl (C=O) groups is 2. The van der Waals surface area contributed by atoms with E-state index in [4.69, 9.17) is 11.6 Å². The summed E-state index contributed by atoms with van der Waals surface area (Å²) in [6.07, 6.45) is 2.31. The summed E-state index contributed by atoms with van der Waals surface area (Å²) in [5.74, 6) is -0.581. The van der Waals surface area contributed by atoms with E-state index in [1.54, 1.807) is 0 Å². The van der Waals surface area contributed by atoms with E-state index in [1.807, 2.05) is 6.92 Å². The molecule has 0 aromatic heterocycles. The summed E-state index contributed by atoms with van der Waals surface area (Å²) in [5, 5.41) is 0.165. The number of rotatable bonds is 4. The van der Waals surface area contributed by atoms with E-state index in [0.717, 1.165) is 19.4 Å². The van der Waals surface area contributed by atoms with Gasteiger partial charge in [0.2, 0.25) is 0 Å². The minimum absolute atomic E-state index is 0.0339. The maximum absolute atomic E-state index is 13.0. The number of halogens is 2. The zero-order valence-electron chi connectivity index (χ0n) is 11.3. The van der Waals surface area contributed by atoms with Crippen molar-refractivity contribution in [2.75, 3.05) is 13.1 Å². The van der Waals surface area contributed by atoms with Gasteiger partial charge in [0.25, 0.3) is 0 Å². The van der Waals surface area contributed by atoms with Crippen LogP contribution in [0.1, 0.15) is 30.1 Å². The Bertz CT molecular complexity index is 513. The average Bonchev–Trinajstić information content (AvgIpc) is 2.46. The molecule has 2 rings (SSSR count). The number of Topliss-reactive ketones (excluding diaryl/α,β-unsaturated/α-hetero) is 1. The first kappa shape index (κ1) is 15.1. The van der Waals surface area contributed by atoms with E-state index in [1.165, 1.54) is 18.2 Å². The Morgan fingerprint density at radius 2 is 2.10 bits per heavy atom. The summed E-state index contributed by atoms with van der Waals surface area (Å²) >= 11 is 5.93. The van der Waals surface area contributed by atoms with Crippen LogP contribution in [0.2, 0.25) is 5.02 Å². The third-order valence-corrected chi connectivity index (χ3v) is 4.18. The fourth-order valence-electron chi connectivity index (χ4n) is 2.56. The first-order chi connectivity index (χ1) is 9.52. The minimum atomic E-state index is -0.443. The summed E-state index contributed by atoms with van der Waals surface area (Å²) in [5.41, 5.74) is 0.384. The highest BCUT2D eigenvalue weighted by Crippen LogP contribution is 2.26. The zero-order chi connectivity index (χ0) is 14.7. The molecule has 3 nitrogen and oxygen atoms in total. The van der Waals surface area contributed by atoms with Crippen LogP contribution in [0.4, 0.5) is 4.39 Å². The fraction of sp³-hybridized carbons (Fsp3) is 0.467. The molecule has 1 aromatic rings. The number of hydrogen-bond donors (Lipinski definition) is 0. The van der Waals surface area contributed by atoms with Gasteiger partial charge >= 0.3 is 0 Å². The number of nitrogens with zero attached hydrogens (tertiary/aromatic N) is 1. The largest absolute Gasteiger partial charge is 0.302 e. The van der Waals surface area contributed by atoms with E-state index in [2.05, 4.69) is 4.90 Å². The molecule has 1 saturated heterocycles. The van der Waals surface area contributed by atoms with Crippen molar-refractivity contribution < 1.29 is 14.0 Å². The van der Waals surface area contributed by atoms with Crippen LogP contribution in [0, 0.1) is 11.7 Å². The van der Waals surface area contributed by atoms with Crippen molar-refractivity contribution in [2.24, 2.45) is 5.92 Å². The Kier molecular flexibility index (Phi) is 4.89. The van der Waals surface area contributed by atoms with Gasteiger partial charge in [0.05, 0.1) is 11.1 Å². The lowest BCUT2D eigenvalue weighted by molar-refractivity contribution is -0.112. The summed E-state index contributed by atoms with van der Waals surface area (Å²) in [7, 11) is 0. The molecule has 1 aromatic carbocycles. The van der Waals surface area contributed by atoms with Crippen molar-refractivity contribution in [1.82, 2.24) is 4.90 Å². The second-order valence-electron chi connectivity index (χ2n) is 5.18. The Morgan fingerprint density at radius 1 is 1.45 bits per heavy atom. The molecule has 1 aliphatic rings. The van der Waals surface area contributed by atoms with Crippen LogP contribution in [0.15, 0.2) is 18.2 Å². The van der Waals surface area contributed by atoms with Gasteiger partial charge in [-0.2, -0.15) is 0 Å². The predicted octanol–water partition coefficient (Wildman–Crippen LogP) is 2.96. The number of carbonyl (C=O) groups excluding carboxylic acids is 2. The minimum Gasteiger partial charge on any atom is -0.302 e. The molecule has 0 amide bonds. The van der Waals surface area contributed by atoms with Gasteiger partial charge in [0.1, 0.15) is 12.1 Å². The molecule has 0 radical (unpaired) electrons. The van der Waals surface area contributed by atoms with Crippen LogP contribution in [0.3, 0.4) is 0 Å². The second-order valence-corrected chi connectivity index (χ2v) is 5.58. The highest BCUT2D eigenvalue weighted by atomic mass is 35.5. The van der Waals surface area contributed by atoms with E-state index in [0.29, 0.717) is 18.4 Å². The predicted molar refractivity (Wildman–Crippen MR) is 75.6 cm³/mol. The lowest BCUT2D eigenvalue weighted by Gasteiger charge is -2.33. The standard InChI is InChI=1S/C15H17ClFNO2/c1-10(9-19)18-6-4-11(5-7-18)15(20)13-3-2-12(17)8-14(13)16/h2-3,8-11H,4-7H2,1H3. The van der Waals surface area contributed by atoms with Gasteiger partial charge in [-0.05, 0) is 51.1 Å². The molecular weight excluding hydrogens is 281 g/mol. The molecule has 0 N–H and O–H groups in total. The Balaban J connectivity index is 2.03. The molecule has 108 valence electrons. The number of likely N-dealkylation sites (tertiary alicyclic amines) is 1. The van der Waals surface area contributed by atoms with Crippen LogP contribution in [0.5, 0.6) is 0 Å². The molecule has 0 bridgehead atoms. The Labute approximate surface area is 122 Å². The summed E-state index contributed by atoms with van der Waals surface area (Å²) in [6, 6.07) is 3.75. The monoisotopic (exact) mass is 297 g/mol. The molecule has 1 unspecified atom stereocenters. The van der Waals surface area contributed by atoms with Crippen LogP contribution in [-0.2, 0) is 4.79 Å². The third kappa shape index (κ3) is 3.25. The third-order valence-electron chi connectivity index (χ3n) is 3.87. The molecule has 1 fully saturated rings.